The molecule has 0 spiro atoms. The monoisotopic (exact) mass is 289 g/mol. The van der Waals surface area contributed by atoms with Crippen molar-refractivity contribution in [2.24, 2.45) is 5.92 Å². The number of urea groups is 1. The molecule has 1 aromatic carbocycles. The quantitative estimate of drug-likeness (QED) is 0.659. The molecule has 21 heavy (non-hydrogen) atoms. The van der Waals surface area contributed by atoms with Crippen molar-refractivity contribution >= 4 is 22.6 Å². The highest BCUT2D eigenvalue weighted by Gasteiger charge is 2.16. The van der Waals surface area contributed by atoms with Crippen molar-refractivity contribution in [3.63, 3.8) is 0 Å². The van der Waals surface area contributed by atoms with E-state index in [1.165, 1.54) is 0 Å². The van der Waals surface area contributed by atoms with E-state index in [1.807, 2.05) is 44.3 Å². The maximum absolute atomic E-state index is 11.8. The first-order chi connectivity index (χ1) is 10.1. The fraction of sp³-hybridized carbons (Fsp3) is 0.438. The van der Waals surface area contributed by atoms with Crippen LogP contribution >= 0.6 is 0 Å². The first kappa shape index (κ1) is 15.4. The number of aliphatic hydroxyl groups is 1. The first-order valence-corrected chi connectivity index (χ1v) is 7.44. The summed E-state index contributed by atoms with van der Waals surface area (Å²) in [4.78, 5) is 15.0. The minimum atomic E-state index is -0.502. The van der Waals surface area contributed by atoms with E-state index in [0.29, 0.717) is 0 Å². The van der Waals surface area contributed by atoms with E-state index in [4.69, 9.17) is 0 Å². The molecule has 0 aliphatic rings. The Labute approximate surface area is 124 Å². The van der Waals surface area contributed by atoms with Gasteiger partial charge in [-0.15, -0.1) is 0 Å². The summed E-state index contributed by atoms with van der Waals surface area (Å²) in [6.45, 7) is 4.36. The van der Waals surface area contributed by atoms with Gasteiger partial charge in [-0.05, 0) is 30.2 Å². The van der Waals surface area contributed by atoms with Crippen molar-refractivity contribution in [2.45, 2.75) is 32.8 Å². The summed E-state index contributed by atoms with van der Waals surface area (Å²) in [6.07, 6.45) is 3.18. The molecule has 0 aliphatic carbocycles. The molecule has 1 heterocycles. The number of anilines is 1. The lowest BCUT2D eigenvalue weighted by Crippen LogP contribution is -2.38. The third-order valence-electron chi connectivity index (χ3n) is 3.88. The van der Waals surface area contributed by atoms with E-state index in [9.17, 15) is 9.90 Å². The van der Waals surface area contributed by atoms with Gasteiger partial charge in [-0.25, -0.2) is 4.79 Å². The number of amides is 2. The third-order valence-corrected chi connectivity index (χ3v) is 3.88. The number of aliphatic hydroxyl groups excluding tert-OH is 1. The van der Waals surface area contributed by atoms with Crippen LogP contribution in [0.25, 0.3) is 10.9 Å². The standard InChI is InChI=1S/C16H23N3O2/c1-3-11(4-2)15(20)10-18-16(21)19-13-5-6-14-12(9-13)7-8-17-14/h5-9,11,15,17,20H,3-4,10H2,1-2H3,(H2,18,19,21). The number of aromatic amines is 1. The van der Waals surface area contributed by atoms with Crippen LogP contribution in [0, 0.1) is 5.92 Å². The van der Waals surface area contributed by atoms with Crippen molar-refractivity contribution < 1.29 is 9.90 Å². The zero-order chi connectivity index (χ0) is 15.2. The zero-order valence-electron chi connectivity index (χ0n) is 12.5. The number of nitrogens with one attached hydrogen (secondary N) is 3. The van der Waals surface area contributed by atoms with Crippen LogP contribution in [0.3, 0.4) is 0 Å². The summed E-state index contributed by atoms with van der Waals surface area (Å²) in [5.41, 5.74) is 1.77. The average molecular weight is 289 g/mol. The third kappa shape index (κ3) is 3.98. The molecule has 2 rings (SSSR count). The number of carbonyl (C=O) groups is 1. The number of benzene rings is 1. The molecular formula is C16H23N3O2. The fourth-order valence-corrected chi connectivity index (χ4v) is 2.50. The molecule has 2 aromatic rings. The van der Waals surface area contributed by atoms with E-state index >= 15 is 0 Å². The second-order valence-electron chi connectivity index (χ2n) is 5.26. The van der Waals surface area contributed by atoms with Gasteiger partial charge >= 0.3 is 6.03 Å². The van der Waals surface area contributed by atoms with E-state index < -0.39 is 6.10 Å². The van der Waals surface area contributed by atoms with E-state index in [0.717, 1.165) is 29.4 Å². The lowest BCUT2D eigenvalue weighted by molar-refractivity contribution is 0.104. The summed E-state index contributed by atoms with van der Waals surface area (Å²) in [5, 5.41) is 16.5. The molecule has 0 aliphatic heterocycles. The number of hydrogen-bond donors (Lipinski definition) is 4. The van der Waals surface area contributed by atoms with Crippen LogP contribution in [-0.4, -0.2) is 28.8 Å². The number of fused-ring (bicyclic) bond motifs is 1. The molecule has 5 nitrogen and oxygen atoms in total. The van der Waals surface area contributed by atoms with Gasteiger partial charge < -0.3 is 20.7 Å². The highest BCUT2D eigenvalue weighted by molar-refractivity contribution is 5.92. The van der Waals surface area contributed by atoms with Crippen molar-refractivity contribution in [3.8, 4) is 0 Å². The minimum absolute atomic E-state index is 0.224. The minimum Gasteiger partial charge on any atom is -0.391 e. The number of rotatable bonds is 6. The molecule has 0 bridgehead atoms. The molecule has 2 amide bonds. The summed E-state index contributed by atoms with van der Waals surface area (Å²) >= 11 is 0. The van der Waals surface area contributed by atoms with Gasteiger partial charge in [0, 0.05) is 29.3 Å². The van der Waals surface area contributed by atoms with Gasteiger partial charge in [-0.3, -0.25) is 0 Å². The van der Waals surface area contributed by atoms with E-state index in [1.54, 1.807) is 0 Å². The highest BCUT2D eigenvalue weighted by Crippen LogP contribution is 2.17. The Hall–Kier alpha value is -2.01. The number of hydrogen-bond acceptors (Lipinski definition) is 2. The Balaban J connectivity index is 1.86. The van der Waals surface area contributed by atoms with Crippen LogP contribution < -0.4 is 10.6 Å². The smallest absolute Gasteiger partial charge is 0.319 e. The van der Waals surface area contributed by atoms with Crippen LogP contribution in [0.15, 0.2) is 30.5 Å². The SMILES string of the molecule is CCC(CC)C(O)CNC(=O)Nc1ccc2[nH]ccc2c1. The molecule has 1 aromatic heterocycles. The molecule has 1 atom stereocenters. The largest absolute Gasteiger partial charge is 0.391 e. The maximum atomic E-state index is 11.8. The Morgan fingerprint density at radius 1 is 1.29 bits per heavy atom. The zero-order valence-corrected chi connectivity index (χ0v) is 12.5. The first-order valence-electron chi connectivity index (χ1n) is 7.44. The van der Waals surface area contributed by atoms with E-state index in [-0.39, 0.29) is 18.5 Å². The summed E-state index contributed by atoms with van der Waals surface area (Å²) < 4.78 is 0. The molecule has 0 fully saturated rings. The number of aromatic nitrogens is 1. The van der Waals surface area contributed by atoms with Crippen LogP contribution in [0.1, 0.15) is 26.7 Å². The van der Waals surface area contributed by atoms with Crippen LogP contribution in [0.4, 0.5) is 10.5 Å². The number of carbonyl (C=O) groups excluding carboxylic acids is 1. The summed E-state index contributed by atoms with van der Waals surface area (Å²) in [6, 6.07) is 7.33. The molecular weight excluding hydrogens is 266 g/mol. The average Bonchev–Trinajstić information content (AvgIpc) is 2.94. The second kappa shape index (κ2) is 7.13. The lowest BCUT2D eigenvalue weighted by atomic mass is 9.97. The Kier molecular flexibility index (Phi) is 5.22. The molecule has 4 N–H and O–H groups in total. The van der Waals surface area contributed by atoms with Gasteiger partial charge in [0.1, 0.15) is 0 Å². The molecule has 5 heteroatoms. The highest BCUT2D eigenvalue weighted by atomic mass is 16.3. The molecule has 0 saturated carbocycles. The van der Waals surface area contributed by atoms with Crippen molar-refractivity contribution in [3.05, 3.63) is 30.5 Å². The van der Waals surface area contributed by atoms with Crippen LogP contribution in [0.5, 0.6) is 0 Å². The van der Waals surface area contributed by atoms with Gasteiger partial charge in [-0.2, -0.15) is 0 Å². The van der Waals surface area contributed by atoms with Gasteiger partial charge in [0.2, 0.25) is 0 Å². The van der Waals surface area contributed by atoms with E-state index in [2.05, 4.69) is 15.6 Å². The van der Waals surface area contributed by atoms with Crippen molar-refractivity contribution in [1.29, 1.82) is 0 Å². The van der Waals surface area contributed by atoms with Crippen molar-refractivity contribution in [1.82, 2.24) is 10.3 Å². The predicted molar refractivity (Wildman–Crippen MR) is 85.4 cm³/mol. The second-order valence-corrected chi connectivity index (χ2v) is 5.26. The van der Waals surface area contributed by atoms with Gasteiger partial charge in [-0.1, -0.05) is 26.7 Å². The summed E-state index contributed by atoms with van der Waals surface area (Å²) in [5.74, 6) is 0.224. The lowest BCUT2D eigenvalue weighted by Gasteiger charge is -2.20. The van der Waals surface area contributed by atoms with Crippen molar-refractivity contribution in [2.75, 3.05) is 11.9 Å². The predicted octanol–water partition coefficient (Wildman–Crippen LogP) is 3.09. The topological polar surface area (TPSA) is 77.2 Å². The van der Waals surface area contributed by atoms with Gasteiger partial charge in [0.15, 0.2) is 0 Å². The van der Waals surface area contributed by atoms with Crippen LogP contribution in [-0.2, 0) is 0 Å². The Morgan fingerprint density at radius 2 is 2.05 bits per heavy atom. The normalized spacial score (nSPS) is 12.6. The molecule has 1 unspecified atom stereocenters. The molecule has 0 radical (unpaired) electrons. The fourth-order valence-electron chi connectivity index (χ4n) is 2.50. The van der Waals surface area contributed by atoms with Gasteiger partial charge in [0.25, 0.3) is 0 Å². The Morgan fingerprint density at radius 3 is 2.76 bits per heavy atom. The summed E-state index contributed by atoms with van der Waals surface area (Å²) in [7, 11) is 0. The molecule has 0 saturated heterocycles. The maximum Gasteiger partial charge on any atom is 0.319 e. The Bertz CT molecular complexity index is 590. The van der Waals surface area contributed by atoms with Gasteiger partial charge in [0.05, 0.1) is 6.10 Å². The number of H-pyrrole nitrogens is 1. The molecule has 114 valence electrons. The van der Waals surface area contributed by atoms with Crippen LogP contribution in [0.2, 0.25) is 0 Å².